The molecule has 0 radical (unpaired) electrons. The van der Waals surface area contributed by atoms with E-state index in [2.05, 4.69) is 15.6 Å². The molecular formula is C20H16N4O4S2. The predicted octanol–water partition coefficient (Wildman–Crippen LogP) is 3.46. The van der Waals surface area contributed by atoms with Crippen LogP contribution in [0.5, 0.6) is 5.75 Å². The maximum absolute atomic E-state index is 12.8. The predicted molar refractivity (Wildman–Crippen MR) is 118 cm³/mol. The summed E-state index contributed by atoms with van der Waals surface area (Å²) in [4.78, 5) is 27.1. The summed E-state index contributed by atoms with van der Waals surface area (Å²) in [5.74, 6) is 0.165. The number of methoxy groups -OCH3 is 1. The summed E-state index contributed by atoms with van der Waals surface area (Å²) in [5.41, 5.74) is 2.30. The summed E-state index contributed by atoms with van der Waals surface area (Å²) in [6.07, 6.45) is 1.83. The molecule has 2 heterocycles. The smallest absolute Gasteiger partial charge is 0.266 e. The van der Waals surface area contributed by atoms with Gasteiger partial charge in [-0.05, 0) is 34.6 Å². The molecule has 152 valence electrons. The Kier molecular flexibility index (Phi) is 5.77. The maximum atomic E-state index is 12.8. The first-order valence-corrected chi connectivity index (χ1v) is 10.2. The molecule has 0 bridgehead atoms. The summed E-state index contributed by atoms with van der Waals surface area (Å²) in [6.45, 7) is 0.173. The fourth-order valence-corrected chi connectivity index (χ4v) is 4.25. The maximum Gasteiger partial charge on any atom is 0.266 e. The zero-order valence-electron chi connectivity index (χ0n) is 15.8. The highest BCUT2D eigenvalue weighted by molar-refractivity contribution is 8.26. The van der Waals surface area contributed by atoms with Crippen LogP contribution in [0.1, 0.15) is 12.0 Å². The third-order valence-corrected chi connectivity index (χ3v) is 5.80. The van der Waals surface area contributed by atoms with Gasteiger partial charge in [0.2, 0.25) is 5.91 Å². The SMILES string of the molecule is COc1ccccc1C=C1SC(=S)N(CCC(=O)Nc2cccc3nonc23)C1=O. The number of hydrogen-bond acceptors (Lipinski definition) is 8. The van der Waals surface area contributed by atoms with Gasteiger partial charge in [-0.2, -0.15) is 0 Å². The van der Waals surface area contributed by atoms with Gasteiger partial charge < -0.3 is 10.1 Å². The third kappa shape index (κ3) is 4.05. The summed E-state index contributed by atoms with van der Waals surface area (Å²) in [6, 6.07) is 12.6. The number of thioether (sulfide) groups is 1. The standard InChI is InChI=1S/C20H16N4O4S2/c1-27-15-8-3-2-5-12(15)11-16-19(26)24(20(29)30-16)10-9-17(25)21-13-6-4-7-14-18(13)23-28-22-14/h2-8,11H,9-10H2,1H3,(H,21,25). The Morgan fingerprint density at radius 2 is 2.10 bits per heavy atom. The van der Waals surface area contributed by atoms with Crippen molar-refractivity contribution in [2.75, 3.05) is 19.0 Å². The molecule has 4 rings (SSSR count). The van der Waals surface area contributed by atoms with Crippen molar-refractivity contribution in [1.29, 1.82) is 0 Å². The molecule has 1 aromatic heterocycles. The Bertz CT molecular complexity index is 1170. The van der Waals surface area contributed by atoms with E-state index in [4.69, 9.17) is 21.6 Å². The van der Waals surface area contributed by atoms with Gasteiger partial charge in [-0.25, -0.2) is 4.63 Å². The Morgan fingerprint density at radius 1 is 1.27 bits per heavy atom. The van der Waals surface area contributed by atoms with E-state index in [9.17, 15) is 9.59 Å². The minimum atomic E-state index is -0.270. The molecule has 8 nitrogen and oxygen atoms in total. The first-order chi connectivity index (χ1) is 14.6. The number of hydrogen-bond donors (Lipinski definition) is 1. The van der Waals surface area contributed by atoms with Crippen molar-refractivity contribution in [2.45, 2.75) is 6.42 Å². The second-order valence-corrected chi connectivity index (χ2v) is 7.99. The van der Waals surface area contributed by atoms with Crippen molar-refractivity contribution in [1.82, 2.24) is 15.2 Å². The van der Waals surface area contributed by atoms with Crippen LogP contribution in [0.15, 0.2) is 52.0 Å². The molecule has 1 N–H and O–H groups in total. The number of ether oxygens (including phenoxy) is 1. The van der Waals surface area contributed by atoms with Gasteiger partial charge in [0.1, 0.15) is 15.6 Å². The van der Waals surface area contributed by atoms with Gasteiger partial charge >= 0.3 is 0 Å². The number of carbonyl (C=O) groups is 2. The van der Waals surface area contributed by atoms with Gasteiger partial charge in [0.15, 0.2) is 5.52 Å². The topological polar surface area (TPSA) is 97.6 Å². The first-order valence-electron chi connectivity index (χ1n) is 8.96. The summed E-state index contributed by atoms with van der Waals surface area (Å²) in [5, 5.41) is 10.3. The van der Waals surface area contributed by atoms with E-state index in [1.165, 1.54) is 16.7 Å². The van der Waals surface area contributed by atoms with Crippen LogP contribution < -0.4 is 10.1 Å². The minimum absolute atomic E-state index is 0.0794. The average Bonchev–Trinajstić information content (AvgIpc) is 3.32. The van der Waals surface area contributed by atoms with Crippen molar-refractivity contribution < 1.29 is 19.0 Å². The van der Waals surface area contributed by atoms with E-state index in [0.29, 0.717) is 31.7 Å². The van der Waals surface area contributed by atoms with Gasteiger partial charge in [0.05, 0.1) is 17.7 Å². The monoisotopic (exact) mass is 440 g/mol. The highest BCUT2D eigenvalue weighted by Crippen LogP contribution is 2.34. The number of rotatable bonds is 6. The Morgan fingerprint density at radius 3 is 2.93 bits per heavy atom. The lowest BCUT2D eigenvalue weighted by Crippen LogP contribution is -2.31. The minimum Gasteiger partial charge on any atom is -0.496 e. The summed E-state index contributed by atoms with van der Waals surface area (Å²) >= 11 is 6.54. The molecule has 1 saturated heterocycles. The number of amides is 2. The summed E-state index contributed by atoms with van der Waals surface area (Å²) in [7, 11) is 1.58. The molecule has 0 spiro atoms. The molecule has 0 aliphatic carbocycles. The number of benzene rings is 2. The molecule has 2 amide bonds. The quantitative estimate of drug-likeness (QED) is 0.460. The lowest BCUT2D eigenvalue weighted by atomic mass is 10.2. The zero-order chi connectivity index (χ0) is 21.1. The molecule has 30 heavy (non-hydrogen) atoms. The second-order valence-electron chi connectivity index (χ2n) is 6.31. The van der Waals surface area contributed by atoms with Crippen LogP contribution in [-0.4, -0.2) is 45.0 Å². The number of aromatic nitrogens is 2. The number of thiocarbonyl (C=S) groups is 1. The van der Waals surface area contributed by atoms with Crippen LogP contribution >= 0.6 is 24.0 Å². The van der Waals surface area contributed by atoms with Crippen LogP contribution in [-0.2, 0) is 9.59 Å². The van der Waals surface area contributed by atoms with Crippen molar-refractivity contribution in [2.24, 2.45) is 0 Å². The van der Waals surface area contributed by atoms with Crippen molar-refractivity contribution in [3.8, 4) is 5.75 Å². The van der Waals surface area contributed by atoms with Crippen molar-refractivity contribution >= 4 is 62.9 Å². The molecule has 0 atom stereocenters. The van der Waals surface area contributed by atoms with Gasteiger partial charge in [-0.1, -0.05) is 48.2 Å². The molecule has 10 heteroatoms. The van der Waals surface area contributed by atoms with Crippen molar-refractivity contribution in [3.63, 3.8) is 0 Å². The van der Waals surface area contributed by atoms with Crippen LogP contribution in [0.2, 0.25) is 0 Å². The number of fused-ring (bicyclic) bond motifs is 1. The number of anilines is 1. The normalized spacial score (nSPS) is 15.2. The fourth-order valence-electron chi connectivity index (χ4n) is 2.95. The molecule has 0 saturated carbocycles. The molecule has 2 aromatic carbocycles. The lowest BCUT2D eigenvalue weighted by Gasteiger charge is -2.14. The number of nitrogens with one attached hydrogen (secondary N) is 1. The fraction of sp³-hybridized carbons (Fsp3) is 0.150. The number of nitrogens with zero attached hydrogens (tertiary/aromatic N) is 3. The zero-order valence-corrected chi connectivity index (χ0v) is 17.5. The first kappa shape index (κ1) is 20.0. The summed E-state index contributed by atoms with van der Waals surface area (Å²) < 4.78 is 10.4. The molecule has 1 aliphatic heterocycles. The highest BCUT2D eigenvalue weighted by atomic mass is 32.2. The van der Waals surface area contributed by atoms with Crippen LogP contribution in [0.4, 0.5) is 5.69 Å². The second kappa shape index (κ2) is 8.64. The Labute approximate surface area is 181 Å². The van der Waals surface area contributed by atoms with Gasteiger partial charge in [-0.15, -0.1) is 0 Å². The molecule has 0 unspecified atom stereocenters. The third-order valence-electron chi connectivity index (χ3n) is 4.42. The van der Waals surface area contributed by atoms with Crippen LogP contribution in [0.25, 0.3) is 17.1 Å². The lowest BCUT2D eigenvalue weighted by molar-refractivity contribution is -0.122. The van der Waals surface area contributed by atoms with E-state index < -0.39 is 0 Å². The van der Waals surface area contributed by atoms with Crippen molar-refractivity contribution in [3.05, 3.63) is 52.9 Å². The van der Waals surface area contributed by atoms with E-state index in [-0.39, 0.29) is 24.8 Å². The van der Waals surface area contributed by atoms with E-state index in [1.54, 1.807) is 31.4 Å². The van der Waals surface area contributed by atoms with E-state index in [1.807, 2.05) is 24.3 Å². The Hall–Kier alpha value is -3.24. The van der Waals surface area contributed by atoms with E-state index >= 15 is 0 Å². The van der Waals surface area contributed by atoms with E-state index in [0.717, 1.165) is 5.56 Å². The molecular weight excluding hydrogens is 424 g/mol. The van der Waals surface area contributed by atoms with Gasteiger partial charge in [-0.3, -0.25) is 14.5 Å². The largest absolute Gasteiger partial charge is 0.496 e. The number of para-hydroxylation sites is 1. The van der Waals surface area contributed by atoms with Crippen LogP contribution in [0, 0.1) is 0 Å². The highest BCUT2D eigenvalue weighted by Gasteiger charge is 2.32. The average molecular weight is 441 g/mol. The molecule has 1 aliphatic rings. The molecule has 3 aromatic rings. The number of carbonyl (C=O) groups excluding carboxylic acids is 2. The van der Waals surface area contributed by atoms with Gasteiger partial charge in [0, 0.05) is 18.5 Å². The Balaban J connectivity index is 1.42. The van der Waals surface area contributed by atoms with Crippen LogP contribution in [0.3, 0.4) is 0 Å². The van der Waals surface area contributed by atoms with Gasteiger partial charge in [0.25, 0.3) is 5.91 Å². The molecule has 1 fully saturated rings.